The van der Waals surface area contributed by atoms with Gasteiger partial charge >= 0.3 is 0 Å². The highest BCUT2D eigenvalue weighted by Crippen LogP contribution is 2.33. The molecule has 0 radical (unpaired) electrons. The molecule has 0 unspecified atom stereocenters. The van der Waals surface area contributed by atoms with E-state index < -0.39 is 0 Å². The van der Waals surface area contributed by atoms with E-state index >= 15 is 0 Å². The van der Waals surface area contributed by atoms with Crippen molar-refractivity contribution in [1.29, 1.82) is 0 Å². The Kier molecular flexibility index (Phi) is 5.06. The van der Waals surface area contributed by atoms with E-state index in [1.54, 1.807) is 6.92 Å². The molecule has 0 bridgehead atoms. The first-order valence-corrected chi connectivity index (χ1v) is 8.81. The summed E-state index contributed by atoms with van der Waals surface area (Å²) in [5, 5.41) is 6.78. The Hall–Kier alpha value is -2.70. The standard InChI is InChI=1S/C19H24N4O3/c1-13(24)20-16-6-4-15(5-7-16)12-17(25)23-10-8-19(3,9-11-23)18-21-14(2)26-22-18/h4-7H,8-12H2,1-3H3,(H,20,24). The van der Waals surface area contributed by atoms with Crippen LogP contribution >= 0.6 is 0 Å². The molecule has 1 aliphatic rings. The van der Waals surface area contributed by atoms with Gasteiger partial charge in [-0.25, -0.2) is 0 Å². The first-order valence-electron chi connectivity index (χ1n) is 8.81. The van der Waals surface area contributed by atoms with Crippen LogP contribution < -0.4 is 5.32 Å². The number of benzene rings is 1. The lowest BCUT2D eigenvalue weighted by Crippen LogP contribution is -2.44. The first kappa shape index (κ1) is 18.1. The van der Waals surface area contributed by atoms with E-state index in [0.29, 0.717) is 25.4 Å². The second kappa shape index (κ2) is 7.27. The number of aromatic nitrogens is 2. The maximum Gasteiger partial charge on any atom is 0.226 e. The number of rotatable bonds is 4. The van der Waals surface area contributed by atoms with Gasteiger partial charge in [-0.05, 0) is 30.5 Å². The summed E-state index contributed by atoms with van der Waals surface area (Å²) >= 11 is 0. The normalized spacial score (nSPS) is 16.3. The average Bonchev–Trinajstić information content (AvgIpc) is 3.04. The van der Waals surface area contributed by atoms with Crippen molar-refractivity contribution in [2.75, 3.05) is 18.4 Å². The number of likely N-dealkylation sites (tertiary alicyclic amines) is 1. The first-order chi connectivity index (χ1) is 12.4. The van der Waals surface area contributed by atoms with E-state index in [1.165, 1.54) is 6.92 Å². The van der Waals surface area contributed by atoms with Gasteiger partial charge in [0.25, 0.3) is 0 Å². The minimum absolute atomic E-state index is 0.109. The molecule has 0 atom stereocenters. The average molecular weight is 356 g/mol. The van der Waals surface area contributed by atoms with Gasteiger partial charge in [0.05, 0.1) is 6.42 Å². The van der Waals surface area contributed by atoms with E-state index in [4.69, 9.17) is 4.52 Å². The molecule has 0 spiro atoms. The summed E-state index contributed by atoms with van der Waals surface area (Å²) in [6.45, 7) is 6.76. The quantitative estimate of drug-likeness (QED) is 0.909. The Morgan fingerprint density at radius 3 is 2.42 bits per heavy atom. The van der Waals surface area contributed by atoms with Crippen molar-refractivity contribution in [3.05, 3.63) is 41.5 Å². The lowest BCUT2D eigenvalue weighted by molar-refractivity contribution is -0.132. The number of carbonyl (C=O) groups is 2. The van der Waals surface area contributed by atoms with Crippen LogP contribution in [0.5, 0.6) is 0 Å². The van der Waals surface area contributed by atoms with E-state index in [0.717, 1.165) is 29.9 Å². The number of piperidine rings is 1. The highest BCUT2D eigenvalue weighted by Gasteiger charge is 2.36. The fourth-order valence-electron chi connectivity index (χ4n) is 3.21. The van der Waals surface area contributed by atoms with Gasteiger partial charge in [0.15, 0.2) is 5.82 Å². The third-order valence-corrected chi connectivity index (χ3v) is 4.92. The zero-order valence-corrected chi connectivity index (χ0v) is 15.4. The van der Waals surface area contributed by atoms with Gasteiger partial charge in [-0.3, -0.25) is 9.59 Å². The molecule has 1 aromatic heterocycles. The third-order valence-electron chi connectivity index (χ3n) is 4.92. The van der Waals surface area contributed by atoms with E-state index in [-0.39, 0.29) is 17.2 Å². The predicted octanol–water partition coefficient (Wildman–Crippen LogP) is 2.46. The number of carbonyl (C=O) groups excluding carboxylic acids is 2. The fourth-order valence-corrected chi connectivity index (χ4v) is 3.21. The van der Waals surface area contributed by atoms with Gasteiger partial charge in [-0.15, -0.1) is 0 Å². The van der Waals surface area contributed by atoms with Gasteiger partial charge in [0.2, 0.25) is 17.7 Å². The van der Waals surface area contributed by atoms with Crippen LogP contribution in [0.1, 0.15) is 44.0 Å². The smallest absolute Gasteiger partial charge is 0.226 e. The minimum atomic E-state index is -0.144. The van der Waals surface area contributed by atoms with Crippen LogP contribution in [-0.4, -0.2) is 39.9 Å². The molecule has 1 saturated heterocycles. The number of anilines is 1. The highest BCUT2D eigenvalue weighted by atomic mass is 16.5. The molecule has 1 fully saturated rings. The molecule has 2 heterocycles. The summed E-state index contributed by atoms with van der Waals surface area (Å²) in [5.74, 6) is 1.31. The van der Waals surface area contributed by atoms with Crippen molar-refractivity contribution in [2.24, 2.45) is 0 Å². The zero-order chi connectivity index (χ0) is 18.7. The maximum absolute atomic E-state index is 12.6. The lowest BCUT2D eigenvalue weighted by Gasteiger charge is -2.37. The van der Waals surface area contributed by atoms with E-state index in [1.807, 2.05) is 29.2 Å². The van der Waals surface area contributed by atoms with Crippen LogP contribution in [0, 0.1) is 6.92 Å². The molecule has 1 N–H and O–H groups in total. The summed E-state index contributed by atoms with van der Waals surface area (Å²) in [5.41, 5.74) is 1.53. The number of hydrogen-bond donors (Lipinski definition) is 1. The van der Waals surface area contributed by atoms with Crippen molar-refractivity contribution in [3.8, 4) is 0 Å². The van der Waals surface area contributed by atoms with Crippen LogP contribution in [0.4, 0.5) is 5.69 Å². The van der Waals surface area contributed by atoms with Crippen LogP contribution in [0.2, 0.25) is 0 Å². The number of amides is 2. The molecule has 138 valence electrons. The fraction of sp³-hybridized carbons (Fsp3) is 0.474. The zero-order valence-electron chi connectivity index (χ0n) is 15.4. The molecule has 2 amide bonds. The summed E-state index contributed by atoms with van der Waals surface area (Å²) < 4.78 is 5.10. The van der Waals surface area contributed by atoms with Gasteiger partial charge in [0.1, 0.15) is 0 Å². The van der Waals surface area contributed by atoms with Gasteiger partial charge < -0.3 is 14.7 Å². The number of aryl methyl sites for hydroxylation is 1. The topological polar surface area (TPSA) is 88.3 Å². The summed E-state index contributed by atoms with van der Waals surface area (Å²) in [7, 11) is 0. The predicted molar refractivity (Wildman–Crippen MR) is 96.7 cm³/mol. The Morgan fingerprint density at radius 1 is 1.23 bits per heavy atom. The molecule has 3 rings (SSSR count). The molecule has 7 heteroatoms. The van der Waals surface area contributed by atoms with Gasteiger partial charge in [0, 0.05) is 38.0 Å². The summed E-state index contributed by atoms with van der Waals surface area (Å²) in [6, 6.07) is 7.38. The second-order valence-electron chi connectivity index (χ2n) is 7.13. The maximum atomic E-state index is 12.6. The molecule has 7 nitrogen and oxygen atoms in total. The number of nitrogens with one attached hydrogen (secondary N) is 1. The molecule has 26 heavy (non-hydrogen) atoms. The molecule has 1 aromatic carbocycles. The summed E-state index contributed by atoms with van der Waals surface area (Å²) in [4.78, 5) is 29.9. The molecule has 0 aliphatic carbocycles. The lowest BCUT2D eigenvalue weighted by atomic mass is 9.79. The molecule has 0 saturated carbocycles. The van der Waals surface area contributed by atoms with Crippen molar-refractivity contribution >= 4 is 17.5 Å². The van der Waals surface area contributed by atoms with Crippen molar-refractivity contribution in [1.82, 2.24) is 15.0 Å². The Labute approximate surface area is 152 Å². The van der Waals surface area contributed by atoms with Crippen molar-refractivity contribution in [3.63, 3.8) is 0 Å². The SMILES string of the molecule is CC(=O)Nc1ccc(CC(=O)N2CCC(C)(c3noc(C)n3)CC2)cc1. The monoisotopic (exact) mass is 356 g/mol. The third kappa shape index (κ3) is 4.09. The Bertz CT molecular complexity index is 789. The Morgan fingerprint density at radius 2 is 1.88 bits per heavy atom. The number of hydrogen-bond acceptors (Lipinski definition) is 5. The van der Waals surface area contributed by atoms with Crippen LogP contribution in [0.25, 0.3) is 0 Å². The highest BCUT2D eigenvalue weighted by molar-refractivity contribution is 5.88. The molecule has 1 aliphatic heterocycles. The van der Waals surface area contributed by atoms with E-state index in [9.17, 15) is 9.59 Å². The van der Waals surface area contributed by atoms with Crippen molar-refractivity contribution in [2.45, 2.75) is 45.4 Å². The van der Waals surface area contributed by atoms with Crippen molar-refractivity contribution < 1.29 is 14.1 Å². The minimum Gasteiger partial charge on any atom is -0.342 e. The van der Waals surface area contributed by atoms with E-state index in [2.05, 4.69) is 22.4 Å². The molecular weight excluding hydrogens is 332 g/mol. The molecule has 2 aromatic rings. The number of nitrogens with zero attached hydrogens (tertiary/aromatic N) is 3. The van der Waals surface area contributed by atoms with Crippen LogP contribution in [0.3, 0.4) is 0 Å². The largest absolute Gasteiger partial charge is 0.342 e. The Balaban J connectivity index is 1.56. The summed E-state index contributed by atoms with van der Waals surface area (Å²) in [6.07, 6.45) is 2.00. The van der Waals surface area contributed by atoms with Crippen LogP contribution in [0.15, 0.2) is 28.8 Å². The molecular formula is C19H24N4O3. The van der Waals surface area contributed by atoms with Crippen LogP contribution in [-0.2, 0) is 21.4 Å². The van der Waals surface area contributed by atoms with Gasteiger partial charge in [-0.2, -0.15) is 4.98 Å². The van der Waals surface area contributed by atoms with Gasteiger partial charge in [-0.1, -0.05) is 24.2 Å². The second-order valence-corrected chi connectivity index (χ2v) is 7.13.